The largest absolute Gasteiger partial charge is 0.344 e. The Morgan fingerprint density at radius 3 is 2.05 bits per heavy atom. The first kappa shape index (κ1) is 15.9. The maximum absolute atomic E-state index is 2.41. The van der Waals surface area contributed by atoms with Crippen molar-refractivity contribution in [3.63, 3.8) is 0 Å². The highest BCUT2D eigenvalue weighted by Crippen LogP contribution is 2.39. The van der Waals surface area contributed by atoms with Crippen LogP contribution in [0.3, 0.4) is 0 Å². The fourth-order valence-electron chi connectivity index (χ4n) is 2.80. The van der Waals surface area contributed by atoms with Crippen LogP contribution in [0.15, 0.2) is 36.6 Å². The second-order valence-corrected chi connectivity index (χ2v) is 8.11. The minimum absolute atomic E-state index is 0.135. The molecule has 0 radical (unpaired) electrons. The van der Waals surface area contributed by atoms with Gasteiger partial charge in [0.1, 0.15) is 0 Å². The van der Waals surface area contributed by atoms with Gasteiger partial charge in [0, 0.05) is 18.4 Å². The number of nitrogens with zero attached hydrogens (tertiary/aromatic N) is 1. The minimum atomic E-state index is 0.135. The molecule has 0 aliphatic carbocycles. The summed E-state index contributed by atoms with van der Waals surface area (Å²) in [5.41, 5.74) is 5.91. The van der Waals surface area contributed by atoms with Crippen molar-refractivity contribution >= 4 is 5.69 Å². The van der Waals surface area contributed by atoms with Crippen LogP contribution in [-0.4, -0.2) is 6.54 Å². The molecule has 0 saturated heterocycles. The van der Waals surface area contributed by atoms with Gasteiger partial charge in [-0.25, -0.2) is 0 Å². The van der Waals surface area contributed by atoms with Crippen LogP contribution < -0.4 is 4.90 Å². The third-order valence-corrected chi connectivity index (χ3v) is 4.08. The Hall–Kier alpha value is -1.50. The van der Waals surface area contributed by atoms with Crippen molar-refractivity contribution in [1.82, 2.24) is 0 Å². The summed E-state index contributed by atoms with van der Waals surface area (Å²) in [5.74, 6) is 0. The second-order valence-electron chi connectivity index (χ2n) is 8.11. The lowest BCUT2D eigenvalue weighted by Gasteiger charge is -2.33. The van der Waals surface area contributed by atoms with E-state index >= 15 is 0 Å². The van der Waals surface area contributed by atoms with Crippen LogP contribution in [0.2, 0.25) is 0 Å². The topological polar surface area (TPSA) is 3.24 Å². The van der Waals surface area contributed by atoms with E-state index in [1.807, 2.05) is 0 Å². The van der Waals surface area contributed by atoms with Gasteiger partial charge in [-0.1, -0.05) is 65.8 Å². The molecule has 0 unspecified atom stereocenters. The van der Waals surface area contributed by atoms with Crippen LogP contribution >= 0.6 is 0 Å². The zero-order valence-electron chi connectivity index (χ0n) is 14.6. The third-order valence-electron chi connectivity index (χ3n) is 4.08. The number of benzene rings is 1. The summed E-state index contributed by atoms with van der Waals surface area (Å²) in [6, 6.07) is 4.77. The van der Waals surface area contributed by atoms with Gasteiger partial charge in [-0.2, -0.15) is 0 Å². The summed E-state index contributed by atoms with van der Waals surface area (Å²) in [6.45, 7) is 17.0. The molecule has 1 nitrogen and oxygen atoms in total. The smallest absolute Gasteiger partial charge is 0.0476 e. The predicted molar refractivity (Wildman–Crippen MR) is 94.2 cm³/mol. The van der Waals surface area contributed by atoms with Crippen molar-refractivity contribution in [2.45, 2.75) is 59.3 Å². The second kappa shape index (κ2) is 5.36. The van der Waals surface area contributed by atoms with E-state index in [2.05, 4.69) is 89.9 Å². The fraction of sp³-hybridized carbons (Fsp3) is 0.500. The Labute approximate surface area is 130 Å². The van der Waals surface area contributed by atoms with E-state index in [-0.39, 0.29) is 10.8 Å². The molecular weight excluding hydrogens is 254 g/mol. The fourth-order valence-corrected chi connectivity index (χ4v) is 2.80. The molecule has 1 aliphatic heterocycles. The molecule has 0 atom stereocenters. The van der Waals surface area contributed by atoms with Crippen LogP contribution in [0, 0.1) is 6.92 Å². The molecule has 1 aromatic carbocycles. The van der Waals surface area contributed by atoms with Crippen molar-refractivity contribution in [2.75, 3.05) is 11.4 Å². The van der Waals surface area contributed by atoms with Gasteiger partial charge in [-0.15, -0.1) is 0 Å². The van der Waals surface area contributed by atoms with Crippen molar-refractivity contribution in [2.24, 2.45) is 0 Å². The first-order valence-electron chi connectivity index (χ1n) is 7.86. The molecule has 0 saturated carbocycles. The molecular formula is C20H29N. The molecule has 21 heavy (non-hydrogen) atoms. The van der Waals surface area contributed by atoms with Crippen molar-refractivity contribution in [3.8, 4) is 0 Å². The zero-order valence-corrected chi connectivity index (χ0v) is 14.6. The van der Waals surface area contributed by atoms with E-state index in [4.69, 9.17) is 0 Å². The monoisotopic (exact) mass is 283 g/mol. The van der Waals surface area contributed by atoms with E-state index in [0.717, 1.165) is 6.54 Å². The molecule has 1 heteroatoms. The van der Waals surface area contributed by atoms with Gasteiger partial charge in [-0.3, -0.25) is 0 Å². The lowest BCUT2D eigenvalue weighted by Crippen LogP contribution is -2.25. The van der Waals surface area contributed by atoms with Crippen LogP contribution in [0.5, 0.6) is 0 Å². The molecule has 0 aromatic heterocycles. The van der Waals surface area contributed by atoms with Gasteiger partial charge in [0.2, 0.25) is 0 Å². The number of allylic oxidation sites excluding steroid dienone is 2. The molecule has 0 bridgehead atoms. The SMILES string of the molecule is Cc1cc(C(C)(C)C)cc(C(C)(C)C)c1N1C=CC=CC1. The van der Waals surface area contributed by atoms with Crippen molar-refractivity contribution in [3.05, 3.63) is 53.3 Å². The summed E-state index contributed by atoms with van der Waals surface area (Å²) in [4.78, 5) is 2.36. The van der Waals surface area contributed by atoms with E-state index in [1.54, 1.807) is 0 Å². The maximum atomic E-state index is 2.41. The summed E-state index contributed by atoms with van der Waals surface area (Å²) < 4.78 is 0. The molecule has 0 fully saturated rings. The van der Waals surface area contributed by atoms with E-state index in [0.29, 0.717) is 0 Å². The van der Waals surface area contributed by atoms with Gasteiger partial charge in [0.15, 0.2) is 0 Å². The molecule has 0 N–H and O–H groups in total. The van der Waals surface area contributed by atoms with Crippen molar-refractivity contribution < 1.29 is 0 Å². The zero-order chi connectivity index (χ0) is 15.8. The maximum Gasteiger partial charge on any atom is 0.0476 e. The molecule has 1 aromatic rings. The number of hydrogen-bond donors (Lipinski definition) is 0. The Kier molecular flexibility index (Phi) is 4.06. The predicted octanol–water partition coefficient (Wildman–Crippen LogP) is 5.48. The Balaban J connectivity index is 2.64. The minimum Gasteiger partial charge on any atom is -0.344 e. The van der Waals surface area contributed by atoms with Crippen LogP contribution in [0.4, 0.5) is 5.69 Å². The summed E-state index contributed by atoms with van der Waals surface area (Å²) in [5, 5.41) is 0. The van der Waals surface area contributed by atoms with Gasteiger partial charge >= 0.3 is 0 Å². The lowest BCUT2D eigenvalue weighted by atomic mass is 9.78. The van der Waals surface area contributed by atoms with Gasteiger partial charge < -0.3 is 4.90 Å². The Morgan fingerprint density at radius 1 is 0.905 bits per heavy atom. The standard InChI is InChI=1S/C20H29N/c1-15-13-16(19(2,3)4)14-17(20(5,6)7)18(15)21-11-9-8-10-12-21/h8-11,13-14H,12H2,1-7H3. The molecule has 2 rings (SSSR count). The van der Waals surface area contributed by atoms with Crippen molar-refractivity contribution in [1.29, 1.82) is 0 Å². The normalized spacial score (nSPS) is 15.7. The van der Waals surface area contributed by atoms with Crippen LogP contribution in [0.1, 0.15) is 58.2 Å². The highest BCUT2D eigenvalue weighted by atomic mass is 15.1. The van der Waals surface area contributed by atoms with Gasteiger partial charge in [-0.05, 0) is 40.5 Å². The number of rotatable bonds is 1. The van der Waals surface area contributed by atoms with E-state index < -0.39 is 0 Å². The molecule has 0 amide bonds. The van der Waals surface area contributed by atoms with E-state index in [9.17, 15) is 0 Å². The van der Waals surface area contributed by atoms with Gasteiger partial charge in [0.05, 0.1) is 0 Å². The molecule has 1 heterocycles. The highest BCUT2D eigenvalue weighted by molar-refractivity contribution is 5.66. The average molecular weight is 283 g/mol. The molecule has 114 valence electrons. The first-order valence-corrected chi connectivity index (χ1v) is 7.86. The first-order chi connectivity index (χ1) is 9.60. The average Bonchev–Trinajstić information content (AvgIpc) is 2.36. The van der Waals surface area contributed by atoms with Crippen LogP contribution in [-0.2, 0) is 10.8 Å². The number of anilines is 1. The highest BCUT2D eigenvalue weighted by Gasteiger charge is 2.25. The lowest BCUT2D eigenvalue weighted by molar-refractivity contribution is 0.567. The summed E-state index contributed by atoms with van der Waals surface area (Å²) in [7, 11) is 0. The number of aryl methyl sites for hydroxylation is 1. The third kappa shape index (κ3) is 3.40. The number of hydrogen-bond acceptors (Lipinski definition) is 1. The molecule has 0 spiro atoms. The van der Waals surface area contributed by atoms with E-state index in [1.165, 1.54) is 22.4 Å². The summed E-state index contributed by atoms with van der Waals surface area (Å²) in [6.07, 6.45) is 8.64. The Bertz CT molecular complexity index is 577. The quantitative estimate of drug-likeness (QED) is 0.659. The van der Waals surface area contributed by atoms with Gasteiger partial charge in [0.25, 0.3) is 0 Å². The van der Waals surface area contributed by atoms with Crippen LogP contribution in [0.25, 0.3) is 0 Å². The summed E-state index contributed by atoms with van der Waals surface area (Å²) >= 11 is 0. The molecule has 1 aliphatic rings. The Morgan fingerprint density at radius 2 is 1.57 bits per heavy atom.